The summed E-state index contributed by atoms with van der Waals surface area (Å²) in [5, 5.41) is 0. The minimum Gasteiger partial charge on any atom is -0.339 e. The van der Waals surface area contributed by atoms with Gasteiger partial charge in [0.05, 0.1) is 0 Å². The largest absolute Gasteiger partial charge is 0.339 e. The lowest BCUT2D eigenvalue weighted by Gasteiger charge is -2.36. The molecule has 25 heavy (non-hydrogen) atoms. The van der Waals surface area contributed by atoms with Crippen LogP contribution in [0, 0.1) is 5.41 Å². The molecule has 0 aliphatic carbocycles. The van der Waals surface area contributed by atoms with Crippen LogP contribution >= 0.6 is 0 Å². The van der Waals surface area contributed by atoms with Gasteiger partial charge in [0.1, 0.15) is 0 Å². The summed E-state index contributed by atoms with van der Waals surface area (Å²) in [5.41, 5.74) is 2.55. The van der Waals surface area contributed by atoms with Gasteiger partial charge in [0.15, 0.2) is 0 Å². The van der Waals surface area contributed by atoms with Crippen molar-refractivity contribution in [2.75, 3.05) is 26.2 Å². The molecule has 1 aromatic carbocycles. The van der Waals surface area contributed by atoms with Crippen LogP contribution in [0.15, 0.2) is 24.3 Å². The number of rotatable bonds is 5. The van der Waals surface area contributed by atoms with Crippen molar-refractivity contribution in [2.24, 2.45) is 5.41 Å². The predicted molar refractivity (Wildman–Crippen MR) is 101 cm³/mol. The molecule has 0 saturated carbocycles. The Balaban J connectivity index is 1.76. The van der Waals surface area contributed by atoms with Gasteiger partial charge in [-0.05, 0) is 29.4 Å². The topological polar surface area (TPSA) is 40.6 Å². The summed E-state index contributed by atoms with van der Waals surface area (Å²) < 4.78 is 0. The van der Waals surface area contributed by atoms with Gasteiger partial charge >= 0.3 is 0 Å². The van der Waals surface area contributed by atoms with Crippen molar-refractivity contribution < 1.29 is 9.59 Å². The summed E-state index contributed by atoms with van der Waals surface area (Å²) in [5.74, 6) is 0.401. The number of hydrogen-bond acceptors (Lipinski definition) is 2. The zero-order chi connectivity index (χ0) is 18.4. The van der Waals surface area contributed by atoms with Crippen molar-refractivity contribution in [1.29, 1.82) is 0 Å². The van der Waals surface area contributed by atoms with Crippen molar-refractivity contribution in [2.45, 2.75) is 53.4 Å². The molecule has 1 aliphatic heterocycles. The smallest absolute Gasteiger partial charge is 0.223 e. The normalized spacial score (nSPS) is 15.4. The fraction of sp³-hybridized carbons (Fsp3) is 0.619. The minimum absolute atomic E-state index is 0.0113. The monoisotopic (exact) mass is 344 g/mol. The fourth-order valence-corrected chi connectivity index (χ4v) is 3.12. The van der Waals surface area contributed by atoms with E-state index >= 15 is 0 Å². The maximum atomic E-state index is 12.4. The summed E-state index contributed by atoms with van der Waals surface area (Å²) in [7, 11) is 0. The molecule has 2 amide bonds. The van der Waals surface area contributed by atoms with E-state index in [1.165, 1.54) is 11.1 Å². The third kappa shape index (κ3) is 6.18. The van der Waals surface area contributed by atoms with Gasteiger partial charge in [-0.2, -0.15) is 0 Å². The number of carbonyl (C=O) groups excluding carboxylic acids is 2. The Morgan fingerprint density at radius 3 is 1.84 bits per heavy atom. The molecular formula is C21H32N2O2. The Morgan fingerprint density at radius 1 is 0.880 bits per heavy atom. The Labute approximate surface area is 152 Å². The summed E-state index contributed by atoms with van der Waals surface area (Å²) in [6.07, 6.45) is 2.93. The highest BCUT2D eigenvalue weighted by Gasteiger charge is 2.26. The first-order valence-electron chi connectivity index (χ1n) is 9.42. The quantitative estimate of drug-likeness (QED) is 0.822. The number of nitrogens with zero attached hydrogens (tertiary/aromatic N) is 2. The average Bonchev–Trinajstić information content (AvgIpc) is 2.58. The molecule has 2 rings (SSSR count). The summed E-state index contributed by atoms with van der Waals surface area (Å²) in [4.78, 5) is 28.5. The maximum Gasteiger partial charge on any atom is 0.223 e. The van der Waals surface area contributed by atoms with Crippen molar-refractivity contribution in [1.82, 2.24) is 9.80 Å². The highest BCUT2D eigenvalue weighted by molar-refractivity contribution is 5.79. The first-order chi connectivity index (χ1) is 11.8. The van der Waals surface area contributed by atoms with E-state index in [-0.39, 0.29) is 17.2 Å². The maximum absolute atomic E-state index is 12.4. The molecule has 4 nitrogen and oxygen atoms in total. The molecule has 4 heteroatoms. The molecule has 0 spiro atoms. The van der Waals surface area contributed by atoms with Crippen LogP contribution in [0.25, 0.3) is 0 Å². The number of benzene rings is 1. The van der Waals surface area contributed by atoms with Gasteiger partial charge in [0.2, 0.25) is 11.8 Å². The number of carbonyl (C=O) groups is 2. The van der Waals surface area contributed by atoms with Gasteiger partial charge in [-0.15, -0.1) is 0 Å². The van der Waals surface area contributed by atoms with E-state index in [0.29, 0.717) is 39.0 Å². The zero-order valence-corrected chi connectivity index (χ0v) is 16.2. The van der Waals surface area contributed by atoms with Gasteiger partial charge in [0.25, 0.3) is 0 Å². The van der Waals surface area contributed by atoms with Gasteiger partial charge in [-0.3, -0.25) is 9.59 Å². The molecule has 0 radical (unpaired) electrons. The van der Waals surface area contributed by atoms with Crippen LogP contribution in [0.4, 0.5) is 0 Å². The van der Waals surface area contributed by atoms with Crippen LogP contribution in [0.3, 0.4) is 0 Å². The Morgan fingerprint density at radius 2 is 1.36 bits per heavy atom. The molecular weight excluding hydrogens is 312 g/mol. The summed E-state index contributed by atoms with van der Waals surface area (Å²) in [6, 6.07) is 8.52. The first kappa shape index (κ1) is 19.5. The van der Waals surface area contributed by atoms with E-state index in [0.717, 1.165) is 12.8 Å². The average molecular weight is 344 g/mol. The standard InChI is InChI=1S/C21H32N2O2/c1-5-17-6-8-18(9-7-17)10-11-19(24)22-12-14-23(15-13-22)20(25)16-21(2,3)4/h6-9H,5,10-16H2,1-4H3. The Bertz CT molecular complexity index is 579. The SMILES string of the molecule is CCc1ccc(CCC(=O)N2CCN(C(=O)CC(C)(C)C)CC2)cc1. The lowest BCUT2D eigenvalue weighted by atomic mass is 9.91. The molecule has 0 unspecified atom stereocenters. The van der Waals surface area contributed by atoms with Gasteiger partial charge in [0, 0.05) is 39.0 Å². The predicted octanol–water partition coefficient (Wildman–Crippen LogP) is 3.29. The number of aryl methyl sites for hydroxylation is 2. The van der Waals surface area contributed by atoms with Crippen molar-refractivity contribution in [3.05, 3.63) is 35.4 Å². The number of amides is 2. The van der Waals surface area contributed by atoms with Gasteiger partial charge < -0.3 is 9.80 Å². The molecule has 138 valence electrons. The van der Waals surface area contributed by atoms with E-state index < -0.39 is 0 Å². The Kier molecular flexibility index (Phi) is 6.63. The molecule has 0 aromatic heterocycles. The van der Waals surface area contributed by atoms with Crippen LogP contribution in [-0.4, -0.2) is 47.8 Å². The van der Waals surface area contributed by atoms with Crippen LogP contribution in [0.2, 0.25) is 0 Å². The van der Waals surface area contributed by atoms with Crippen molar-refractivity contribution in [3.8, 4) is 0 Å². The highest BCUT2D eigenvalue weighted by Crippen LogP contribution is 2.20. The number of piperazine rings is 1. The van der Waals surface area contributed by atoms with Crippen LogP contribution in [-0.2, 0) is 22.4 Å². The first-order valence-corrected chi connectivity index (χ1v) is 9.42. The number of hydrogen-bond donors (Lipinski definition) is 0. The van der Waals surface area contributed by atoms with Crippen molar-refractivity contribution in [3.63, 3.8) is 0 Å². The second kappa shape index (κ2) is 8.50. The van der Waals surface area contributed by atoms with E-state index in [9.17, 15) is 9.59 Å². The third-order valence-electron chi connectivity index (χ3n) is 4.73. The molecule has 1 heterocycles. The molecule has 0 bridgehead atoms. The second-order valence-corrected chi connectivity index (χ2v) is 8.17. The van der Waals surface area contributed by atoms with Crippen LogP contribution in [0.5, 0.6) is 0 Å². The van der Waals surface area contributed by atoms with Gasteiger partial charge in [-0.1, -0.05) is 52.0 Å². The van der Waals surface area contributed by atoms with Crippen molar-refractivity contribution >= 4 is 11.8 Å². The van der Waals surface area contributed by atoms with Crippen LogP contribution in [0.1, 0.15) is 51.7 Å². The van der Waals surface area contributed by atoms with E-state index in [1.807, 2.05) is 9.80 Å². The summed E-state index contributed by atoms with van der Waals surface area (Å²) in [6.45, 7) is 11.0. The molecule has 1 aliphatic rings. The lowest BCUT2D eigenvalue weighted by Crippen LogP contribution is -2.51. The van der Waals surface area contributed by atoms with E-state index in [1.54, 1.807) is 0 Å². The molecule has 0 N–H and O–H groups in total. The summed E-state index contributed by atoms with van der Waals surface area (Å²) >= 11 is 0. The van der Waals surface area contributed by atoms with Crippen LogP contribution < -0.4 is 0 Å². The molecule has 1 fully saturated rings. The second-order valence-electron chi connectivity index (χ2n) is 8.17. The van der Waals surface area contributed by atoms with E-state index in [2.05, 4.69) is 52.0 Å². The van der Waals surface area contributed by atoms with Gasteiger partial charge in [-0.25, -0.2) is 0 Å². The third-order valence-corrected chi connectivity index (χ3v) is 4.73. The van der Waals surface area contributed by atoms with E-state index in [4.69, 9.17) is 0 Å². The highest BCUT2D eigenvalue weighted by atomic mass is 16.2. The molecule has 1 aromatic rings. The lowest BCUT2D eigenvalue weighted by molar-refractivity contribution is -0.140. The Hall–Kier alpha value is -1.84. The minimum atomic E-state index is 0.0113. The fourth-order valence-electron chi connectivity index (χ4n) is 3.12. The molecule has 0 atom stereocenters. The molecule has 1 saturated heterocycles. The zero-order valence-electron chi connectivity index (χ0n) is 16.2.